The van der Waals surface area contributed by atoms with Crippen molar-refractivity contribution < 1.29 is 0 Å². The molecule has 0 saturated carbocycles. The second kappa shape index (κ2) is 8.86. The van der Waals surface area contributed by atoms with Gasteiger partial charge in [0.2, 0.25) is 5.95 Å². The van der Waals surface area contributed by atoms with E-state index in [1.165, 1.54) is 0 Å². The van der Waals surface area contributed by atoms with E-state index in [4.69, 9.17) is 0 Å². The third-order valence-electron chi connectivity index (χ3n) is 5.73. The van der Waals surface area contributed by atoms with Gasteiger partial charge in [-0.2, -0.15) is 4.98 Å². The second-order valence-electron chi connectivity index (χ2n) is 9.10. The number of rotatable bonds is 7. The van der Waals surface area contributed by atoms with Gasteiger partial charge in [0, 0.05) is 17.9 Å². The van der Waals surface area contributed by atoms with E-state index in [1.54, 1.807) is 12.3 Å². The van der Waals surface area contributed by atoms with Crippen molar-refractivity contribution in [2.24, 2.45) is 5.41 Å². The van der Waals surface area contributed by atoms with Crippen molar-refractivity contribution in [1.82, 2.24) is 9.97 Å². The van der Waals surface area contributed by atoms with E-state index in [2.05, 4.69) is 58.8 Å². The van der Waals surface area contributed by atoms with Crippen LogP contribution in [0.15, 0.2) is 76.4 Å². The van der Waals surface area contributed by atoms with Crippen LogP contribution in [0.5, 0.6) is 0 Å². The molecular formula is C26H27N5O2. The van der Waals surface area contributed by atoms with Crippen LogP contribution in [0.1, 0.15) is 27.7 Å². The SMILES string of the molecule is C[C@H](Nc1c(Nc2ccnc(Nc3ccc(-c4ccccc4)cc3)n2)c(=O)c1=O)C(C)(C)C. The third-order valence-corrected chi connectivity index (χ3v) is 5.73. The number of nitrogens with one attached hydrogen (secondary N) is 3. The molecule has 0 aliphatic carbocycles. The van der Waals surface area contributed by atoms with Gasteiger partial charge < -0.3 is 16.0 Å². The molecule has 33 heavy (non-hydrogen) atoms. The molecule has 0 amide bonds. The molecule has 1 aromatic heterocycles. The smallest absolute Gasteiger partial charge is 0.253 e. The van der Waals surface area contributed by atoms with Gasteiger partial charge in [0.25, 0.3) is 10.9 Å². The van der Waals surface area contributed by atoms with E-state index in [0.717, 1.165) is 16.8 Å². The molecule has 7 nitrogen and oxygen atoms in total. The Morgan fingerprint density at radius 3 is 2.09 bits per heavy atom. The lowest BCUT2D eigenvalue weighted by Crippen LogP contribution is -2.41. The summed E-state index contributed by atoms with van der Waals surface area (Å²) in [4.78, 5) is 33.0. The molecule has 0 saturated heterocycles. The quantitative estimate of drug-likeness (QED) is 0.344. The van der Waals surface area contributed by atoms with Gasteiger partial charge >= 0.3 is 0 Å². The fourth-order valence-corrected chi connectivity index (χ4v) is 3.20. The predicted molar refractivity (Wildman–Crippen MR) is 134 cm³/mol. The van der Waals surface area contributed by atoms with E-state index >= 15 is 0 Å². The van der Waals surface area contributed by atoms with Crippen molar-refractivity contribution in [3.05, 3.63) is 87.3 Å². The van der Waals surface area contributed by atoms with Crippen LogP contribution in [0.2, 0.25) is 0 Å². The number of hydrogen-bond acceptors (Lipinski definition) is 7. The monoisotopic (exact) mass is 441 g/mol. The molecule has 0 unspecified atom stereocenters. The van der Waals surface area contributed by atoms with Gasteiger partial charge in [-0.25, -0.2) is 4.98 Å². The minimum atomic E-state index is -0.553. The van der Waals surface area contributed by atoms with E-state index in [-0.39, 0.29) is 17.1 Å². The van der Waals surface area contributed by atoms with Crippen LogP contribution in [0.25, 0.3) is 11.1 Å². The Labute approximate surface area is 192 Å². The standard InChI is InChI=1S/C26H27N5O2/c1-16(26(2,3)4)28-21-22(24(33)23(21)32)30-20-14-15-27-25(31-20)29-19-12-10-18(11-13-19)17-8-6-5-7-9-17/h5-16,28H,1-4H3,(H2,27,29,30,31)/t16-/m0/s1. The van der Waals surface area contributed by atoms with Gasteiger partial charge in [-0.15, -0.1) is 0 Å². The number of nitrogens with zero attached hydrogens (tertiary/aromatic N) is 2. The summed E-state index contributed by atoms with van der Waals surface area (Å²) in [6.45, 7) is 8.19. The highest BCUT2D eigenvalue weighted by atomic mass is 16.2. The van der Waals surface area contributed by atoms with Crippen LogP contribution in [0.3, 0.4) is 0 Å². The molecule has 0 bridgehead atoms. The molecule has 4 rings (SSSR count). The Morgan fingerprint density at radius 1 is 0.788 bits per heavy atom. The zero-order valence-corrected chi connectivity index (χ0v) is 19.1. The summed E-state index contributed by atoms with van der Waals surface area (Å²) >= 11 is 0. The molecule has 1 heterocycles. The van der Waals surface area contributed by atoms with Crippen molar-refractivity contribution in [3.8, 4) is 11.1 Å². The van der Waals surface area contributed by atoms with Crippen LogP contribution in [-0.4, -0.2) is 16.0 Å². The van der Waals surface area contributed by atoms with E-state index in [9.17, 15) is 9.59 Å². The van der Waals surface area contributed by atoms with E-state index < -0.39 is 10.9 Å². The highest BCUT2D eigenvalue weighted by Gasteiger charge is 2.27. The minimum Gasteiger partial charge on any atom is -0.377 e. The van der Waals surface area contributed by atoms with Gasteiger partial charge in [-0.05, 0) is 41.7 Å². The summed E-state index contributed by atoms with van der Waals surface area (Å²) in [5.74, 6) is 0.802. The Balaban J connectivity index is 1.48. The summed E-state index contributed by atoms with van der Waals surface area (Å²) in [6.07, 6.45) is 1.59. The normalized spacial score (nSPS) is 12.4. The first-order valence-electron chi connectivity index (χ1n) is 10.8. The summed E-state index contributed by atoms with van der Waals surface area (Å²) in [6, 6.07) is 19.8. The molecule has 0 spiro atoms. The largest absolute Gasteiger partial charge is 0.377 e. The fourth-order valence-electron chi connectivity index (χ4n) is 3.20. The van der Waals surface area contributed by atoms with E-state index in [1.807, 2.05) is 49.4 Å². The molecule has 1 atom stereocenters. The van der Waals surface area contributed by atoms with Crippen LogP contribution in [0, 0.1) is 5.41 Å². The number of hydrogen-bond donors (Lipinski definition) is 3. The number of benzene rings is 2. The molecule has 7 heteroatoms. The Hall–Kier alpha value is -4.00. The first-order chi connectivity index (χ1) is 15.7. The summed E-state index contributed by atoms with van der Waals surface area (Å²) in [7, 11) is 0. The molecule has 3 N–H and O–H groups in total. The highest BCUT2D eigenvalue weighted by molar-refractivity contribution is 5.78. The molecule has 168 valence electrons. The van der Waals surface area contributed by atoms with Crippen LogP contribution < -0.4 is 26.8 Å². The van der Waals surface area contributed by atoms with Crippen molar-refractivity contribution in [3.63, 3.8) is 0 Å². The second-order valence-corrected chi connectivity index (χ2v) is 9.10. The molecule has 0 fully saturated rings. The zero-order valence-electron chi connectivity index (χ0n) is 19.1. The topological polar surface area (TPSA) is 96.0 Å². The van der Waals surface area contributed by atoms with Gasteiger partial charge in [-0.3, -0.25) is 9.59 Å². The average molecular weight is 442 g/mol. The first-order valence-corrected chi connectivity index (χ1v) is 10.8. The van der Waals surface area contributed by atoms with Gasteiger partial charge in [0.05, 0.1) is 0 Å². The number of aromatic nitrogens is 2. The van der Waals surface area contributed by atoms with Crippen LogP contribution in [-0.2, 0) is 0 Å². The van der Waals surface area contributed by atoms with Crippen molar-refractivity contribution in [2.75, 3.05) is 16.0 Å². The Kier molecular flexibility index (Phi) is 5.96. The third kappa shape index (κ3) is 4.92. The molecule has 0 radical (unpaired) electrons. The van der Waals surface area contributed by atoms with Gasteiger partial charge in [0.15, 0.2) is 0 Å². The van der Waals surface area contributed by atoms with Crippen molar-refractivity contribution in [1.29, 1.82) is 0 Å². The maximum absolute atomic E-state index is 12.2. The van der Waals surface area contributed by atoms with Gasteiger partial charge in [0.1, 0.15) is 17.2 Å². The summed E-state index contributed by atoms with van der Waals surface area (Å²) in [5, 5.41) is 9.32. The zero-order chi connectivity index (χ0) is 23.6. The van der Waals surface area contributed by atoms with E-state index in [0.29, 0.717) is 17.5 Å². The molecule has 0 aliphatic rings. The van der Waals surface area contributed by atoms with Crippen molar-refractivity contribution in [2.45, 2.75) is 33.7 Å². The van der Waals surface area contributed by atoms with Gasteiger partial charge in [-0.1, -0.05) is 63.2 Å². The summed E-state index contributed by atoms with van der Waals surface area (Å²) < 4.78 is 0. The molecule has 4 aromatic rings. The molecule has 0 aliphatic heterocycles. The average Bonchev–Trinajstić information content (AvgIpc) is 2.81. The minimum absolute atomic E-state index is 0.00262. The van der Waals surface area contributed by atoms with Crippen LogP contribution in [0.4, 0.5) is 28.8 Å². The lowest BCUT2D eigenvalue weighted by atomic mass is 9.87. The predicted octanol–water partition coefficient (Wildman–Crippen LogP) is 5.07. The summed E-state index contributed by atoms with van der Waals surface area (Å²) in [5.41, 5.74) is 2.48. The lowest BCUT2D eigenvalue weighted by molar-refractivity contribution is 0.359. The maximum Gasteiger partial charge on any atom is 0.253 e. The highest BCUT2D eigenvalue weighted by Crippen LogP contribution is 2.27. The molecule has 3 aromatic carbocycles. The maximum atomic E-state index is 12.2. The lowest BCUT2D eigenvalue weighted by Gasteiger charge is -2.30. The Bertz CT molecular complexity index is 1320. The number of anilines is 5. The molecular weight excluding hydrogens is 414 g/mol. The first kappa shape index (κ1) is 22.2. The fraction of sp³-hybridized carbons (Fsp3) is 0.231. The Morgan fingerprint density at radius 2 is 1.42 bits per heavy atom. The van der Waals surface area contributed by atoms with Crippen LogP contribution >= 0.6 is 0 Å². The van der Waals surface area contributed by atoms with Crippen molar-refractivity contribution >= 4 is 28.8 Å².